The summed E-state index contributed by atoms with van der Waals surface area (Å²) in [5.74, 6) is 0. The summed E-state index contributed by atoms with van der Waals surface area (Å²) in [6.07, 6.45) is 1.04. The summed E-state index contributed by atoms with van der Waals surface area (Å²) in [4.78, 5) is 0. The fraction of sp³-hybridized carbons (Fsp3) is 1.00. The summed E-state index contributed by atoms with van der Waals surface area (Å²) >= 11 is 4.69. The molecular weight excluding hydrogens is 561 g/mol. The van der Waals surface area contributed by atoms with Gasteiger partial charge in [-0.15, -0.1) is 0 Å². The molecule has 4 radical (unpaired) electrons. The Bertz CT molecular complexity index is 120. The van der Waals surface area contributed by atoms with Gasteiger partial charge in [-0.3, -0.25) is 0 Å². The normalized spacial score (nSPS) is 8.58. The van der Waals surface area contributed by atoms with Crippen LogP contribution >= 0.6 is 39.5 Å². The Morgan fingerprint density at radius 1 is 0.895 bits per heavy atom. The van der Waals surface area contributed by atoms with E-state index in [4.69, 9.17) is 7.74 Å². The number of hydrogen-bond acceptors (Lipinski definition) is 0. The second-order valence-corrected chi connectivity index (χ2v) is 16.1. The molecule has 0 atom stereocenters. The zero-order chi connectivity index (χ0) is 14.2. The third-order valence-corrected chi connectivity index (χ3v) is 3.06. The Labute approximate surface area is 151 Å². The summed E-state index contributed by atoms with van der Waals surface area (Å²) in [5.41, 5.74) is 0. The standard InChI is InChI=1S/C8H20N.C2H5B3.2FH.2HI.Rh/c1-5-9(6-2,7-3)8-4;1-2-4-5-3;;;;;/h5-8H2,1-4H3;2H2,1H3;4*1H;/q+1;;;;;;+3/p-4. The van der Waals surface area contributed by atoms with Gasteiger partial charge in [0.05, 0.1) is 33.3 Å². The van der Waals surface area contributed by atoms with Crippen molar-refractivity contribution in [1.29, 1.82) is 0 Å². The van der Waals surface area contributed by atoms with Gasteiger partial charge in [0.15, 0.2) is 0 Å². The number of rotatable bonds is 6. The van der Waals surface area contributed by atoms with E-state index in [1.54, 1.807) is 7.06 Å². The average Bonchev–Trinajstić information content (AvgIpc) is 2.36. The predicted molar refractivity (Wildman–Crippen MR) is 98.2 cm³/mol. The molecule has 0 rings (SSSR count). The number of halogens is 4. The molecule has 0 heterocycles. The minimum atomic E-state index is 0. The molecule has 0 aliphatic rings. The molecule has 0 saturated heterocycles. The Morgan fingerprint density at radius 3 is 1.16 bits per heavy atom. The molecule has 0 aliphatic heterocycles. The van der Waals surface area contributed by atoms with Gasteiger partial charge >= 0.3 is 49.6 Å². The maximum atomic E-state index is 4.96. The zero-order valence-electron chi connectivity index (χ0n) is 12.6. The second kappa shape index (κ2) is 28.3. The molecule has 0 aliphatic carbocycles. The van der Waals surface area contributed by atoms with Gasteiger partial charge in [0.25, 0.3) is 0 Å². The van der Waals surface area contributed by atoms with E-state index < -0.39 is 0 Å². The Morgan fingerprint density at radius 2 is 1.16 bits per heavy atom. The summed E-state index contributed by atoms with van der Waals surface area (Å²) < 4.78 is 1.28. The summed E-state index contributed by atoms with van der Waals surface area (Å²) in [6, 6.07) is 0. The van der Waals surface area contributed by atoms with Gasteiger partial charge in [0.1, 0.15) is 0 Å². The van der Waals surface area contributed by atoms with Crippen molar-refractivity contribution in [2.75, 3.05) is 26.2 Å². The topological polar surface area (TPSA) is 0 Å². The Balaban J connectivity index is -0.0000000565. The van der Waals surface area contributed by atoms with Crippen LogP contribution in [0.4, 0.5) is 0 Å². The molecule has 0 unspecified atom stereocenters. The van der Waals surface area contributed by atoms with Crippen molar-refractivity contribution in [2.24, 2.45) is 0 Å². The fourth-order valence-corrected chi connectivity index (χ4v) is 1.48. The molecule has 0 N–H and O–H groups in total. The van der Waals surface area contributed by atoms with Crippen LogP contribution < -0.4 is 9.41 Å². The summed E-state index contributed by atoms with van der Waals surface area (Å²) in [6.45, 7) is 16.3. The fourth-order valence-electron chi connectivity index (χ4n) is 1.48. The summed E-state index contributed by atoms with van der Waals surface area (Å²) in [5, 5.41) is 0. The van der Waals surface area contributed by atoms with E-state index in [0.717, 1.165) is 16.4 Å². The monoisotopic (exact) mass is 587 g/mol. The molecule has 0 aromatic heterocycles. The van der Waals surface area contributed by atoms with E-state index in [2.05, 4.69) is 67.2 Å². The van der Waals surface area contributed by atoms with Crippen LogP contribution in [0.1, 0.15) is 34.6 Å². The van der Waals surface area contributed by atoms with E-state index in [1.807, 2.05) is 14.1 Å². The molecule has 1 nitrogen and oxygen atoms in total. The first-order valence-corrected chi connectivity index (χ1v) is 15.9. The Hall–Kier alpha value is 2.10. The van der Waals surface area contributed by atoms with Gasteiger partial charge in [-0.05, 0) is 27.7 Å². The van der Waals surface area contributed by atoms with Crippen LogP contribution in [0.25, 0.3) is 0 Å². The molecule has 9 heteroatoms. The van der Waals surface area contributed by atoms with Crippen LogP contribution in [-0.4, -0.2) is 52.6 Å². The molecule has 0 aromatic rings. The van der Waals surface area contributed by atoms with Crippen LogP contribution in [0.15, 0.2) is 0 Å². The van der Waals surface area contributed by atoms with E-state index in [1.165, 1.54) is 30.7 Å². The molecule has 0 spiro atoms. The van der Waals surface area contributed by atoms with Gasteiger partial charge in [0, 0.05) is 14.8 Å². The first-order chi connectivity index (χ1) is 8.07. The third-order valence-electron chi connectivity index (χ3n) is 3.06. The van der Waals surface area contributed by atoms with Crippen LogP contribution in [0.2, 0.25) is 6.32 Å². The van der Waals surface area contributed by atoms with E-state index in [-0.39, 0.29) is 9.41 Å². The van der Waals surface area contributed by atoms with Crippen LogP contribution in [0, 0.1) is 0 Å². The molecule has 0 bridgehead atoms. The molecular formula is C10H25B3F2I2NRh. The van der Waals surface area contributed by atoms with Crippen molar-refractivity contribution in [3.63, 3.8) is 0 Å². The second-order valence-electron chi connectivity index (χ2n) is 3.49. The van der Waals surface area contributed by atoms with Gasteiger partial charge in [0.2, 0.25) is 0 Å². The van der Waals surface area contributed by atoms with Crippen LogP contribution in [-0.2, 0) is 10.1 Å². The van der Waals surface area contributed by atoms with Crippen molar-refractivity contribution in [3.8, 4) is 0 Å². The molecule has 0 saturated carbocycles. The molecule has 0 aromatic carbocycles. The first-order valence-electron chi connectivity index (χ1n) is 6.13. The predicted octanol–water partition coefficient (Wildman–Crippen LogP) is -2.51. The molecule has 116 valence electrons. The number of nitrogens with zero attached hydrogens (tertiary/aromatic N) is 1. The van der Waals surface area contributed by atoms with E-state index >= 15 is 0 Å². The van der Waals surface area contributed by atoms with Crippen molar-refractivity contribution in [3.05, 3.63) is 0 Å². The van der Waals surface area contributed by atoms with E-state index in [9.17, 15) is 0 Å². The molecule has 0 amide bonds. The minimum absolute atomic E-state index is 0. The number of hydrogen-bond donors (Lipinski definition) is 0. The zero-order valence-corrected chi connectivity index (χ0v) is 18.5. The SMILES string of the molecule is CC[N+](CC)(CC)CC.[B][B][B]CC.[F-].[F-].[I][Rh+][I]. The van der Waals surface area contributed by atoms with Gasteiger partial charge < -0.3 is 13.9 Å². The van der Waals surface area contributed by atoms with Crippen molar-refractivity contribution >= 4 is 61.5 Å². The van der Waals surface area contributed by atoms with Crippen LogP contribution in [0.5, 0.6) is 0 Å². The first kappa shape index (κ1) is 32.9. The molecule has 0 fully saturated rings. The van der Waals surface area contributed by atoms with Gasteiger partial charge in [-0.2, -0.15) is 0 Å². The Kier molecular flexibility index (Phi) is 49.0. The van der Waals surface area contributed by atoms with Crippen molar-refractivity contribution in [2.45, 2.75) is 40.9 Å². The molecule has 19 heavy (non-hydrogen) atoms. The third kappa shape index (κ3) is 25.4. The van der Waals surface area contributed by atoms with E-state index in [0.29, 0.717) is 0 Å². The summed E-state index contributed by atoms with van der Waals surface area (Å²) in [7, 11) is 9.19. The van der Waals surface area contributed by atoms with Gasteiger partial charge in [-0.25, -0.2) is 0 Å². The van der Waals surface area contributed by atoms with Crippen molar-refractivity contribution < 1.29 is 24.0 Å². The van der Waals surface area contributed by atoms with Crippen molar-refractivity contribution in [1.82, 2.24) is 0 Å². The average molecular weight is 586 g/mol. The number of quaternary nitrogens is 1. The maximum absolute atomic E-state index is 4.96. The van der Waals surface area contributed by atoms with Crippen LogP contribution in [0.3, 0.4) is 0 Å². The van der Waals surface area contributed by atoms with Gasteiger partial charge in [-0.1, -0.05) is 13.2 Å². The quantitative estimate of drug-likeness (QED) is 0.184.